The third kappa shape index (κ3) is 3.32. The number of fused-ring (bicyclic) bond motifs is 4. The van der Waals surface area contributed by atoms with E-state index in [9.17, 15) is 5.26 Å². The van der Waals surface area contributed by atoms with E-state index in [-0.39, 0.29) is 11.5 Å². The molecule has 2 aromatic rings. The molecule has 2 aliphatic rings. The van der Waals surface area contributed by atoms with Gasteiger partial charge in [-0.2, -0.15) is 5.26 Å². The number of rotatable bonds is 5. The van der Waals surface area contributed by atoms with Crippen molar-refractivity contribution in [1.82, 2.24) is 4.90 Å². The Kier molecular flexibility index (Phi) is 5.14. The molecule has 4 rings (SSSR count). The van der Waals surface area contributed by atoms with Crippen molar-refractivity contribution in [3.63, 3.8) is 0 Å². The summed E-state index contributed by atoms with van der Waals surface area (Å²) in [6.07, 6.45) is 2.07. The van der Waals surface area contributed by atoms with Crippen LogP contribution in [0.25, 0.3) is 0 Å². The lowest BCUT2D eigenvalue weighted by Gasteiger charge is -2.52. The summed E-state index contributed by atoms with van der Waals surface area (Å²) in [7, 11) is 5.03. The fourth-order valence-electron chi connectivity index (χ4n) is 5.33. The van der Waals surface area contributed by atoms with E-state index >= 15 is 0 Å². The van der Waals surface area contributed by atoms with E-state index in [4.69, 9.17) is 14.2 Å². The van der Waals surface area contributed by atoms with Gasteiger partial charge in [-0.05, 0) is 48.1 Å². The van der Waals surface area contributed by atoms with E-state index in [1.165, 1.54) is 11.1 Å². The van der Waals surface area contributed by atoms with Crippen LogP contribution in [0.5, 0.6) is 17.2 Å². The van der Waals surface area contributed by atoms with Gasteiger partial charge in [0.1, 0.15) is 23.3 Å². The third-order valence-electron chi connectivity index (χ3n) is 6.60. The second kappa shape index (κ2) is 7.61. The Labute approximate surface area is 172 Å². The first kappa shape index (κ1) is 19.6. The zero-order chi connectivity index (χ0) is 20.6. The van der Waals surface area contributed by atoms with Crippen LogP contribution >= 0.6 is 0 Å². The standard InChI is InChI=1S/C24H28N2O3/c1-24-12-16(9-18-10-19(27-2)7-8-21(18)24)14-26(23(24)13-25)15-17-5-6-20(28-3)11-22(17)29-4/h5-8,10-11,16,23H,9,12,14-15H2,1-4H3/t16-,23+,24-/m1/s1. The first-order valence-electron chi connectivity index (χ1n) is 10.0. The van der Waals surface area contributed by atoms with E-state index in [2.05, 4.69) is 30.0 Å². The second-order valence-corrected chi connectivity index (χ2v) is 8.35. The van der Waals surface area contributed by atoms with Gasteiger partial charge < -0.3 is 14.2 Å². The van der Waals surface area contributed by atoms with Crippen LogP contribution in [0.1, 0.15) is 30.0 Å². The van der Waals surface area contributed by atoms with E-state index in [0.717, 1.165) is 42.2 Å². The maximum Gasteiger partial charge on any atom is 0.127 e. The summed E-state index contributed by atoms with van der Waals surface area (Å²) in [4.78, 5) is 2.33. The summed E-state index contributed by atoms with van der Waals surface area (Å²) >= 11 is 0. The summed E-state index contributed by atoms with van der Waals surface area (Å²) < 4.78 is 16.4. The first-order valence-corrected chi connectivity index (χ1v) is 10.0. The van der Waals surface area contributed by atoms with Crippen molar-refractivity contribution >= 4 is 0 Å². The van der Waals surface area contributed by atoms with Crippen LogP contribution in [0.15, 0.2) is 36.4 Å². The van der Waals surface area contributed by atoms with Crippen molar-refractivity contribution < 1.29 is 14.2 Å². The minimum Gasteiger partial charge on any atom is -0.497 e. The molecule has 1 fully saturated rings. The minimum absolute atomic E-state index is 0.196. The molecule has 1 aliphatic heterocycles. The average molecular weight is 392 g/mol. The molecule has 2 bridgehead atoms. The molecule has 5 heteroatoms. The second-order valence-electron chi connectivity index (χ2n) is 8.35. The molecule has 0 spiro atoms. The molecule has 1 heterocycles. The Morgan fingerprint density at radius 1 is 1.07 bits per heavy atom. The number of benzene rings is 2. The fraction of sp³-hybridized carbons (Fsp3) is 0.458. The Bertz CT molecular complexity index is 952. The monoisotopic (exact) mass is 392 g/mol. The van der Waals surface area contributed by atoms with Crippen molar-refractivity contribution in [3.05, 3.63) is 53.1 Å². The molecule has 0 N–H and O–H groups in total. The molecule has 152 valence electrons. The van der Waals surface area contributed by atoms with Crippen LogP contribution in [0.2, 0.25) is 0 Å². The lowest BCUT2D eigenvalue weighted by Crippen LogP contribution is -2.57. The molecular formula is C24H28N2O3. The van der Waals surface area contributed by atoms with Gasteiger partial charge in [0.15, 0.2) is 0 Å². The number of methoxy groups -OCH3 is 3. The molecule has 0 saturated carbocycles. The molecule has 0 radical (unpaired) electrons. The van der Waals surface area contributed by atoms with Gasteiger partial charge in [0.2, 0.25) is 0 Å². The maximum atomic E-state index is 10.2. The number of ether oxygens (including phenoxy) is 3. The lowest BCUT2D eigenvalue weighted by molar-refractivity contribution is 0.0525. The van der Waals surface area contributed by atoms with Crippen LogP contribution < -0.4 is 14.2 Å². The molecule has 29 heavy (non-hydrogen) atoms. The van der Waals surface area contributed by atoms with Gasteiger partial charge in [0, 0.05) is 30.1 Å². The molecule has 0 unspecified atom stereocenters. The van der Waals surface area contributed by atoms with Gasteiger partial charge in [-0.1, -0.05) is 19.1 Å². The lowest BCUT2D eigenvalue weighted by atomic mass is 9.61. The summed E-state index contributed by atoms with van der Waals surface area (Å²) in [6.45, 7) is 3.83. The van der Waals surface area contributed by atoms with Gasteiger partial charge in [-0.3, -0.25) is 4.90 Å². The Balaban J connectivity index is 1.69. The highest BCUT2D eigenvalue weighted by Gasteiger charge is 2.49. The maximum absolute atomic E-state index is 10.2. The summed E-state index contributed by atoms with van der Waals surface area (Å²) in [5, 5.41) is 10.2. The Morgan fingerprint density at radius 2 is 1.79 bits per heavy atom. The number of piperidine rings is 1. The predicted octanol–water partition coefficient (Wildman–Crippen LogP) is 3.94. The largest absolute Gasteiger partial charge is 0.497 e. The van der Waals surface area contributed by atoms with Crippen LogP contribution in [0.4, 0.5) is 0 Å². The molecule has 1 aliphatic carbocycles. The van der Waals surface area contributed by atoms with Gasteiger partial charge in [-0.15, -0.1) is 0 Å². The molecule has 5 nitrogen and oxygen atoms in total. The molecule has 1 saturated heterocycles. The molecule has 3 atom stereocenters. The van der Waals surface area contributed by atoms with Gasteiger partial charge >= 0.3 is 0 Å². The highest BCUT2D eigenvalue weighted by molar-refractivity contribution is 5.46. The topological polar surface area (TPSA) is 54.7 Å². The van der Waals surface area contributed by atoms with Crippen molar-refractivity contribution in [1.29, 1.82) is 5.26 Å². The van der Waals surface area contributed by atoms with Crippen molar-refractivity contribution in [2.75, 3.05) is 27.9 Å². The number of hydrogen-bond donors (Lipinski definition) is 0. The van der Waals surface area contributed by atoms with E-state index in [1.807, 2.05) is 24.3 Å². The predicted molar refractivity (Wildman–Crippen MR) is 112 cm³/mol. The zero-order valence-corrected chi connectivity index (χ0v) is 17.6. The van der Waals surface area contributed by atoms with E-state index in [0.29, 0.717) is 12.5 Å². The fourth-order valence-corrected chi connectivity index (χ4v) is 5.33. The Morgan fingerprint density at radius 3 is 2.48 bits per heavy atom. The summed E-state index contributed by atoms with van der Waals surface area (Å²) in [5.74, 6) is 2.98. The SMILES string of the molecule is COc1ccc2c(c1)C[C@H]1CN(Cc3ccc(OC)cc3OC)[C@@H](C#N)[C@]2(C)C1. The van der Waals surface area contributed by atoms with E-state index in [1.54, 1.807) is 21.3 Å². The normalized spacial score (nSPS) is 25.6. The number of nitrogens with zero attached hydrogens (tertiary/aromatic N) is 2. The number of likely N-dealkylation sites (tertiary alicyclic amines) is 1. The molecule has 0 aromatic heterocycles. The van der Waals surface area contributed by atoms with Gasteiger partial charge in [0.05, 0.1) is 27.4 Å². The highest BCUT2D eigenvalue weighted by atomic mass is 16.5. The molecular weight excluding hydrogens is 364 g/mol. The smallest absolute Gasteiger partial charge is 0.127 e. The summed E-state index contributed by atoms with van der Waals surface area (Å²) in [5.41, 5.74) is 3.49. The van der Waals surface area contributed by atoms with Crippen LogP contribution in [-0.4, -0.2) is 38.8 Å². The quantitative estimate of drug-likeness (QED) is 0.771. The number of nitriles is 1. The van der Waals surface area contributed by atoms with Crippen LogP contribution in [-0.2, 0) is 18.4 Å². The summed E-state index contributed by atoms with van der Waals surface area (Å²) in [6, 6.07) is 14.7. The highest BCUT2D eigenvalue weighted by Crippen LogP contribution is 2.48. The van der Waals surface area contributed by atoms with Crippen molar-refractivity contribution in [2.45, 2.75) is 37.8 Å². The van der Waals surface area contributed by atoms with Crippen LogP contribution in [0.3, 0.4) is 0 Å². The van der Waals surface area contributed by atoms with Crippen LogP contribution in [0, 0.1) is 17.2 Å². The average Bonchev–Trinajstić information content (AvgIpc) is 2.73. The van der Waals surface area contributed by atoms with Crippen molar-refractivity contribution in [2.24, 2.45) is 5.92 Å². The zero-order valence-electron chi connectivity index (χ0n) is 17.6. The first-order chi connectivity index (χ1) is 14.0. The van der Waals surface area contributed by atoms with Gasteiger partial charge in [0.25, 0.3) is 0 Å². The third-order valence-corrected chi connectivity index (χ3v) is 6.60. The van der Waals surface area contributed by atoms with Gasteiger partial charge in [-0.25, -0.2) is 0 Å². The molecule has 2 aromatic carbocycles. The van der Waals surface area contributed by atoms with Crippen molar-refractivity contribution in [3.8, 4) is 23.3 Å². The molecule has 0 amide bonds. The van der Waals surface area contributed by atoms with E-state index < -0.39 is 0 Å². The number of hydrogen-bond acceptors (Lipinski definition) is 5. The Hall–Kier alpha value is -2.71. The minimum atomic E-state index is -0.197.